The van der Waals surface area contributed by atoms with E-state index in [9.17, 15) is 22.3 Å². The molecule has 0 spiro atoms. The normalized spacial score (nSPS) is 16.3. The van der Waals surface area contributed by atoms with Crippen LogP contribution >= 0.6 is 11.6 Å². The number of nitrogens with zero attached hydrogens (tertiary/aromatic N) is 3. The molecule has 1 aliphatic heterocycles. The van der Waals surface area contributed by atoms with Crippen molar-refractivity contribution >= 4 is 33.1 Å². The number of anilines is 2. The first-order valence-electron chi connectivity index (χ1n) is 11.0. The van der Waals surface area contributed by atoms with Crippen molar-refractivity contribution in [2.45, 2.75) is 19.1 Å². The Labute approximate surface area is 211 Å². The summed E-state index contributed by atoms with van der Waals surface area (Å²) in [6, 6.07) is 8.35. The average Bonchev–Trinajstić information content (AvgIpc) is 3.26. The van der Waals surface area contributed by atoms with E-state index in [0.29, 0.717) is 43.0 Å². The first-order chi connectivity index (χ1) is 17.1. The maximum Gasteiger partial charge on any atom is 0.258 e. The highest BCUT2D eigenvalue weighted by Crippen LogP contribution is 2.28. The van der Waals surface area contributed by atoms with Gasteiger partial charge in [0.2, 0.25) is 10.0 Å². The molecule has 0 bridgehead atoms. The Morgan fingerprint density at radius 1 is 1.25 bits per heavy atom. The molecule has 2 heterocycles. The van der Waals surface area contributed by atoms with Gasteiger partial charge in [-0.15, -0.1) is 0 Å². The highest BCUT2D eigenvalue weighted by molar-refractivity contribution is 7.92. The Balaban J connectivity index is 1.46. The molecular weight excluding hydrogens is 516 g/mol. The van der Waals surface area contributed by atoms with Gasteiger partial charge in [0.05, 0.1) is 28.8 Å². The number of hydrogen-bond acceptors (Lipinski definition) is 8. The third kappa shape index (κ3) is 6.38. The van der Waals surface area contributed by atoms with E-state index in [4.69, 9.17) is 22.1 Å². The molecule has 13 heteroatoms. The summed E-state index contributed by atoms with van der Waals surface area (Å²) in [7, 11) is -3.64. The number of ether oxygens (including phenoxy) is 1. The molecule has 2 aromatic carbocycles. The molecule has 0 saturated carbocycles. The standard InChI is InChI=1S/C23H24ClF2N5O4S/c24-21-17(18(25)4-5-19(21)26)13-35-23-22(27)28-11-20(29-23)14-2-1-3-15(10-14)30-36(33,34)9-8-31-7-6-16(32)12-31/h1-5,10-11,16,30,32H,6-9,12-13H2,(H2,27,28)/t16-/m1/s1. The molecule has 4 N–H and O–H groups in total. The molecule has 1 aliphatic rings. The molecule has 192 valence electrons. The largest absolute Gasteiger partial charge is 0.470 e. The highest BCUT2D eigenvalue weighted by atomic mass is 35.5. The van der Waals surface area contributed by atoms with Crippen LogP contribution in [0.25, 0.3) is 11.3 Å². The molecule has 0 amide bonds. The monoisotopic (exact) mass is 539 g/mol. The van der Waals surface area contributed by atoms with Gasteiger partial charge in [0.25, 0.3) is 5.88 Å². The van der Waals surface area contributed by atoms with Crippen LogP contribution in [0.3, 0.4) is 0 Å². The number of likely N-dealkylation sites (tertiary alicyclic amines) is 1. The van der Waals surface area contributed by atoms with Crippen molar-refractivity contribution in [3.8, 4) is 17.1 Å². The number of halogens is 3. The first kappa shape index (κ1) is 26.0. The van der Waals surface area contributed by atoms with E-state index in [1.165, 1.54) is 6.20 Å². The number of nitrogens with one attached hydrogen (secondary N) is 1. The van der Waals surface area contributed by atoms with E-state index >= 15 is 0 Å². The Morgan fingerprint density at radius 3 is 2.78 bits per heavy atom. The predicted octanol–water partition coefficient (Wildman–Crippen LogP) is 3.04. The molecule has 36 heavy (non-hydrogen) atoms. The van der Waals surface area contributed by atoms with Crippen LogP contribution in [0.1, 0.15) is 12.0 Å². The Morgan fingerprint density at radius 2 is 2.03 bits per heavy atom. The molecule has 9 nitrogen and oxygen atoms in total. The molecule has 0 unspecified atom stereocenters. The van der Waals surface area contributed by atoms with E-state index in [1.54, 1.807) is 24.3 Å². The Bertz CT molecular complexity index is 1360. The first-order valence-corrected chi connectivity index (χ1v) is 13.0. The molecule has 4 rings (SSSR count). The van der Waals surface area contributed by atoms with Crippen molar-refractivity contribution in [1.82, 2.24) is 14.9 Å². The number of β-amino-alcohol motifs (C(OH)–C–C–N with tert-alkyl or cyclic N) is 1. The third-order valence-corrected chi connectivity index (χ3v) is 7.29. The SMILES string of the molecule is Nc1ncc(-c2cccc(NS(=O)(=O)CCN3CC[C@@H](O)C3)c2)nc1OCc1c(F)ccc(F)c1Cl. The van der Waals surface area contributed by atoms with Crippen LogP contribution in [0, 0.1) is 11.6 Å². The highest BCUT2D eigenvalue weighted by Gasteiger charge is 2.22. The number of nitrogen functional groups attached to an aromatic ring is 1. The summed E-state index contributed by atoms with van der Waals surface area (Å²) in [4.78, 5) is 10.2. The maximum absolute atomic E-state index is 14.0. The molecule has 3 aromatic rings. The fraction of sp³-hybridized carbons (Fsp3) is 0.304. The molecule has 0 radical (unpaired) electrons. The fourth-order valence-electron chi connectivity index (χ4n) is 3.71. The minimum absolute atomic E-state index is 0.0735. The number of aliphatic hydroxyl groups excluding tert-OH is 1. The zero-order valence-corrected chi connectivity index (χ0v) is 20.6. The van der Waals surface area contributed by atoms with Crippen molar-refractivity contribution in [1.29, 1.82) is 0 Å². The topological polar surface area (TPSA) is 131 Å². The Hall–Kier alpha value is -3.06. The Kier molecular flexibility index (Phi) is 7.88. The summed E-state index contributed by atoms with van der Waals surface area (Å²) in [5.41, 5.74) is 6.80. The molecule has 1 atom stereocenters. The lowest BCUT2D eigenvalue weighted by Crippen LogP contribution is -2.30. The van der Waals surface area contributed by atoms with E-state index in [1.807, 2.05) is 4.90 Å². The maximum atomic E-state index is 14.0. The summed E-state index contributed by atoms with van der Waals surface area (Å²) < 4.78 is 60.8. The van der Waals surface area contributed by atoms with Crippen molar-refractivity contribution in [2.24, 2.45) is 0 Å². The van der Waals surface area contributed by atoms with E-state index in [0.717, 1.165) is 12.1 Å². The summed E-state index contributed by atoms with van der Waals surface area (Å²) in [5, 5.41) is 9.19. The molecule has 1 aromatic heterocycles. The molecule has 0 aliphatic carbocycles. The number of hydrogen-bond donors (Lipinski definition) is 3. The van der Waals surface area contributed by atoms with E-state index < -0.39 is 39.4 Å². The van der Waals surface area contributed by atoms with Gasteiger partial charge in [-0.25, -0.2) is 27.2 Å². The van der Waals surface area contributed by atoms with Crippen molar-refractivity contribution in [3.63, 3.8) is 0 Å². The minimum Gasteiger partial charge on any atom is -0.470 e. The van der Waals surface area contributed by atoms with Crippen molar-refractivity contribution < 1.29 is 27.0 Å². The second kappa shape index (κ2) is 10.9. The second-order valence-corrected chi connectivity index (χ2v) is 10.5. The van der Waals surface area contributed by atoms with Crippen LogP contribution in [0.2, 0.25) is 5.02 Å². The zero-order chi connectivity index (χ0) is 25.9. The lowest BCUT2D eigenvalue weighted by Gasteiger charge is -2.15. The number of nitrogens with two attached hydrogens (primary N) is 1. The van der Waals surface area contributed by atoms with Crippen LogP contribution in [-0.4, -0.2) is 59.9 Å². The summed E-state index contributed by atoms with van der Waals surface area (Å²) in [5.74, 6) is -1.85. The van der Waals surface area contributed by atoms with E-state index in [2.05, 4.69) is 14.7 Å². The van der Waals surface area contributed by atoms with Crippen LogP contribution < -0.4 is 15.2 Å². The predicted molar refractivity (Wildman–Crippen MR) is 132 cm³/mol. The second-order valence-electron chi connectivity index (χ2n) is 8.30. The number of sulfonamides is 1. The quantitative estimate of drug-likeness (QED) is 0.354. The van der Waals surface area contributed by atoms with Gasteiger partial charge in [-0.2, -0.15) is 0 Å². The van der Waals surface area contributed by atoms with Gasteiger partial charge in [0, 0.05) is 36.4 Å². The van der Waals surface area contributed by atoms with Gasteiger partial charge in [-0.3, -0.25) is 9.62 Å². The summed E-state index contributed by atoms with van der Waals surface area (Å²) >= 11 is 5.84. The number of aliphatic hydroxyl groups is 1. The van der Waals surface area contributed by atoms with Gasteiger partial charge in [0.1, 0.15) is 18.2 Å². The van der Waals surface area contributed by atoms with Gasteiger partial charge in [-0.1, -0.05) is 23.7 Å². The summed E-state index contributed by atoms with van der Waals surface area (Å²) in [6.07, 6.45) is 1.59. The summed E-state index contributed by atoms with van der Waals surface area (Å²) in [6.45, 7) is 0.999. The van der Waals surface area contributed by atoms with Crippen LogP contribution in [0.15, 0.2) is 42.6 Å². The van der Waals surface area contributed by atoms with E-state index in [-0.39, 0.29) is 23.0 Å². The van der Waals surface area contributed by atoms with Gasteiger partial charge >= 0.3 is 0 Å². The average molecular weight is 540 g/mol. The lowest BCUT2D eigenvalue weighted by atomic mass is 10.1. The van der Waals surface area contributed by atoms with Gasteiger partial charge in [0.15, 0.2) is 5.82 Å². The minimum atomic E-state index is -3.64. The van der Waals surface area contributed by atoms with Crippen LogP contribution in [0.4, 0.5) is 20.3 Å². The third-order valence-electron chi connectivity index (χ3n) is 5.61. The molecule has 1 saturated heterocycles. The fourth-order valence-corrected chi connectivity index (χ4v) is 5.00. The molecular formula is C23H24ClF2N5O4S. The number of benzene rings is 2. The van der Waals surface area contributed by atoms with Gasteiger partial charge in [-0.05, 0) is 30.7 Å². The number of aromatic nitrogens is 2. The smallest absolute Gasteiger partial charge is 0.258 e. The zero-order valence-electron chi connectivity index (χ0n) is 19.0. The molecule has 1 fully saturated rings. The van der Waals surface area contributed by atoms with Crippen LogP contribution in [-0.2, 0) is 16.6 Å². The van der Waals surface area contributed by atoms with Crippen molar-refractivity contribution in [3.05, 3.63) is 64.8 Å². The van der Waals surface area contributed by atoms with Crippen molar-refractivity contribution in [2.75, 3.05) is 35.8 Å². The number of rotatable bonds is 9. The van der Waals surface area contributed by atoms with Crippen LogP contribution in [0.5, 0.6) is 5.88 Å². The lowest BCUT2D eigenvalue weighted by molar-refractivity contribution is 0.178. The van der Waals surface area contributed by atoms with Gasteiger partial charge < -0.3 is 15.6 Å².